The molecule has 0 unspecified atom stereocenters. The molecular weight excluding hydrogens is 1050 g/mol. The number of nitrogens with zero attached hydrogens (tertiary/aromatic N) is 16. The first-order valence-corrected chi connectivity index (χ1v) is 27.9. The molecule has 5 aromatic heterocycles. The lowest BCUT2D eigenvalue weighted by atomic mass is 10.1. The highest BCUT2D eigenvalue weighted by Gasteiger charge is 2.33. The molecule has 5 N–H and O–H groups in total. The molecule has 0 radical (unpaired) electrons. The van der Waals surface area contributed by atoms with Crippen molar-refractivity contribution in [3.8, 4) is 0 Å². The van der Waals surface area contributed by atoms with Crippen molar-refractivity contribution in [2.75, 3.05) is 127 Å². The van der Waals surface area contributed by atoms with Gasteiger partial charge in [0.2, 0.25) is 17.8 Å². The third kappa shape index (κ3) is 11.4. The molecule has 24 nitrogen and oxygen atoms in total. The van der Waals surface area contributed by atoms with Crippen molar-refractivity contribution >= 4 is 92.8 Å². The van der Waals surface area contributed by atoms with Gasteiger partial charge in [0.1, 0.15) is 17.1 Å². The predicted octanol–water partition coefficient (Wildman–Crippen LogP) is 7.56. The largest absolute Gasteiger partial charge is 0.354 e. The van der Waals surface area contributed by atoms with Gasteiger partial charge in [-0.1, -0.05) is 36.4 Å². The lowest BCUT2D eigenvalue weighted by molar-refractivity contribution is 0.0986. The van der Waals surface area contributed by atoms with E-state index in [0.29, 0.717) is 81.9 Å². The van der Waals surface area contributed by atoms with Crippen molar-refractivity contribution in [3.05, 3.63) is 138 Å². The molecule has 428 valence electrons. The Morgan fingerprint density at radius 1 is 0.566 bits per heavy atom. The summed E-state index contributed by atoms with van der Waals surface area (Å²) >= 11 is 0. The van der Waals surface area contributed by atoms with Crippen LogP contribution in [-0.2, 0) is 6.42 Å². The number of para-hydroxylation sites is 3. The summed E-state index contributed by atoms with van der Waals surface area (Å²) in [5, 5.41) is 17.9. The summed E-state index contributed by atoms with van der Waals surface area (Å²) in [6.45, 7) is 6.76. The zero-order valence-electron chi connectivity index (χ0n) is 48.0. The van der Waals surface area contributed by atoms with Crippen LogP contribution in [0.4, 0.5) is 75.1 Å². The maximum Gasteiger partial charge on any atom is 0.260 e. The number of aromatic amines is 1. The summed E-state index contributed by atoms with van der Waals surface area (Å²) in [6, 6.07) is 23.5. The average molecular weight is 1120 g/mol. The molecule has 10 heterocycles. The summed E-state index contributed by atoms with van der Waals surface area (Å²) in [7, 11) is 13.2. The summed E-state index contributed by atoms with van der Waals surface area (Å²) in [5.74, 6) is 3.52. The molecule has 0 saturated carbocycles. The maximum absolute atomic E-state index is 13.0. The van der Waals surface area contributed by atoms with Gasteiger partial charge >= 0.3 is 0 Å². The lowest BCUT2D eigenvalue weighted by Gasteiger charge is -2.30. The van der Waals surface area contributed by atoms with Gasteiger partial charge in [-0.15, -0.1) is 0 Å². The topological polar surface area (TPSA) is 246 Å². The van der Waals surface area contributed by atoms with Crippen LogP contribution in [-0.4, -0.2) is 160 Å². The number of aromatic nitrogens is 10. The first-order chi connectivity index (χ1) is 40.2. The van der Waals surface area contributed by atoms with E-state index in [1.807, 2.05) is 126 Å². The average Bonchev–Trinajstić information content (AvgIpc) is 4.41. The minimum Gasteiger partial charge on any atom is -0.354 e. The molecule has 0 spiro atoms. The fraction of sp³-hybridized carbons (Fsp3) is 0.339. The van der Waals surface area contributed by atoms with E-state index in [2.05, 4.69) is 68.2 Å². The van der Waals surface area contributed by atoms with Crippen molar-refractivity contribution in [3.63, 3.8) is 0 Å². The first kappa shape index (κ1) is 55.4. The fourth-order valence-corrected chi connectivity index (χ4v) is 11.0. The Bertz CT molecular complexity index is 3650. The van der Waals surface area contributed by atoms with Crippen LogP contribution >= 0.6 is 0 Å². The van der Waals surface area contributed by atoms with Crippen molar-refractivity contribution in [1.82, 2.24) is 59.9 Å². The van der Waals surface area contributed by atoms with Gasteiger partial charge in [-0.25, -0.2) is 19.9 Å². The molecule has 5 aliphatic rings. The Morgan fingerprint density at radius 3 is 1.67 bits per heavy atom. The van der Waals surface area contributed by atoms with Gasteiger partial charge in [0.05, 0.1) is 76.1 Å². The zero-order valence-corrected chi connectivity index (χ0v) is 48.0. The number of nitrogens with one attached hydrogen (secondary N) is 5. The number of likely N-dealkylation sites (tertiary alicyclic amines) is 1. The molecule has 2 saturated heterocycles. The Hall–Kier alpha value is -9.55. The number of amides is 3. The number of imidazole rings is 1. The molecule has 13 rings (SSSR count). The van der Waals surface area contributed by atoms with E-state index >= 15 is 0 Å². The normalized spacial score (nSPS) is 16.1. The van der Waals surface area contributed by atoms with Crippen LogP contribution in [0.2, 0.25) is 0 Å². The number of carbonyl (C=O) groups is 3. The van der Waals surface area contributed by atoms with E-state index in [-0.39, 0.29) is 17.7 Å². The summed E-state index contributed by atoms with van der Waals surface area (Å²) in [6.07, 6.45) is 15.8. The number of hydrogen-bond acceptors (Lipinski definition) is 19. The Balaban J connectivity index is 0.000000131. The molecular formula is C59H69N21O3. The van der Waals surface area contributed by atoms with Crippen LogP contribution in [0.3, 0.4) is 0 Å². The number of aryl methyl sites for hydroxylation is 1. The number of hydrogen-bond donors (Lipinski definition) is 5. The number of rotatable bonds is 9. The number of benzene rings is 3. The van der Waals surface area contributed by atoms with Crippen LogP contribution in [0.5, 0.6) is 0 Å². The number of piperidine rings is 2. The molecule has 2 fully saturated rings. The third-order valence-corrected chi connectivity index (χ3v) is 15.8. The van der Waals surface area contributed by atoms with E-state index in [1.54, 1.807) is 67.0 Å². The quantitative estimate of drug-likeness (QED) is 0.0936. The molecule has 3 amide bonds. The summed E-state index contributed by atoms with van der Waals surface area (Å²) in [5.41, 5.74) is 9.16. The van der Waals surface area contributed by atoms with Gasteiger partial charge in [-0.3, -0.25) is 19.1 Å². The van der Waals surface area contributed by atoms with Crippen molar-refractivity contribution in [1.29, 1.82) is 0 Å². The molecule has 83 heavy (non-hydrogen) atoms. The third-order valence-electron chi connectivity index (χ3n) is 15.8. The monoisotopic (exact) mass is 1120 g/mol. The summed E-state index contributed by atoms with van der Waals surface area (Å²) in [4.78, 5) is 86.3. The minimum atomic E-state index is -0.0743. The lowest BCUT2D eigenvalue weighted by Crippen LogP contribution is -2.37. The first-order valence-electron chi connectivity index (χ1n) is 27.9. The van der Waals surface area contributed by atoms with Crippen LogP contribution < -0.4 is 50.7 Å². The fourth-order valence-electron chi connectivity index (χ4n) is 11.0. The Labute approximate surface area is 482 Å². The molecule has 3 aromatic carbocycles. The van der Waals surface area contributed by atoms with Crippen LogP contribution in [0.25, 0.3) is 0 Å². The number of fused-ring (bicyclic) bond motifs is 6. The number of carbonyl (C=O) groups excluding carboxylic acids is 3. The SMILES string of the molecule is CN1C(=O)c2ccccc2N(C)c2nc(NCCc3cnc[nH]3)ncc21.CN1CCC(Nc2ncc3c(n2)N(C)c2ccccc2C(=O)N3C)CC1.Cc1nc(Nc2cnn(C3CCNCC3)c2)nc2c1N(C)C(=O)c1ccccc1N2C. The molecule has 5 aliphatic heterocycles. The predicted molar refractivity (Wildman–Crippen MR) is 324 cm³/mol. The van der Waals surface area contributed by atoms with Gasteiger partial charge < -0.3 is 60.6 Å². The van der Waals surface area contributed by atoms with Crippen molar-refractivity contribution in [2.24, 2.45) is 0 Å². The van der Waals surface area contributed by atoms with Crippen molar-refractivity contribution < 1.29 is 14.4 Å². The van der Waals surface area contributed by atoms with Crippen LogP contribution in [0.1, 0.15) is 74.2 Å². The Kier molecular flexibility index (Phi) is 15.9. The van der Waals surface area contributed by atoms with Crippen molar-refractivity contribution in [2.45, 2.75) is 51.1 Å². The highest BCUT2D eigenvalue weighted by Crippen LogP contribution is 2.42. The summed E-state index contributed by atoms with van der Waals surface area (Å²) < 4.78 is 2.02. The minimum absolute atomic E-state index is 0.0502. The van der Waals surface area contributed by atoms with Gasteiger partial charge in [-0.05, 0) is 102 Å². The van der Waals surface area contributed by atoms with Crippen LogP contribution in [0, 0.1) is 6.92 Å². The highest BCUT2D eigenvalue weighted by atomic mass is 16.2. The highest BCUT2D eigenvalue weighted by molar-refractivity contribution is 6.15. The zero-order chi connectivity index (χ0) is 57.9. The standard InChI is InChI=1S/C22H26N8O.C19H24N6O.C18H19N7O/c1-14-19-20(28(2)18-7-5-4-6-17(18)21(31)29(19)3)27-22(25-14)26-15-12-24-30(13-15)16-8-10-23-11-9-16;1-23-10-8-13(9-11-23)21-19-20-12-16-17(22-19)24(2)15-7-5-4-6-14(15)18(26)25(16)3;1-24-14-6-4-3-5-13(14)17(26)25(2)15-10-21-18(23-16(15)24)20-8-7-12-9-19-11-22-12/h4-7,12-13,16,23H,8-11H2,1-3H3,(H,25,26,27);4-7,12-13H,8-11H2,1-3H3,(H,20,21,22);3-6,9-11H,7-8H2,1-2H3,(H,19,22)(H,20,21,23). The number of anilines is 13. The van der Waals surface area contributed by atoms with Gasteiger partial charge in [-0.2, -0.15) is 20.1 Å². The van der Waals surface area contributed by atoms with E-state index in [1.165, 1.54) is 0 Å². The number of H-pyrrole nitrogens is 1. The van der Waals surface area contributed by atoms with Gasteiger partial charge in [0.25, 0.3) is 17.7 Å². The smallest absolute Gasteiger partial charge is 0.260 e. The molecule has 0 bridgehead atoms. The van der Waals surface area contributed by atoms with E-state index < -0.39 is 0 Å². The van der Waals surface area contributed by atoms with E-state index in [4.69, 9.17) is 9.97 Å². The van der Waals surface area contributed by atoms with E-state index in [0.717, 1.165) is 98.2 Å². The second kappa shape index (κ2) is 23.9. The van der Waals surface area contributed by atoms with Crippen LogP contribution in [0.15, 0.2) is 110 Å². The Morgan fingerprint density at radius 2 is 1.10 bits per heavy atom. The van der Waals surface area contributed by atoms with Gasteiger partial charge in [0.15, 0.2) is 17.5 Å². The van der Waals surface area contributed by atoms with E-state index in [9.17, 15) is 14.4 Å². The molecule has 0 aliphatic carbocycles. The molecule has 24 heteroatoms. The molecule has 0 atom stereocenters. The van der Waals surface area contributed by atoms with Gasteiger partial charge in [0, 0.05) is 79.4 Å². The second-order valence-corrected chi connectivity index (χ2v) is 21.2. The second-order valence-electron chi connectivity index (χ2n) is 21.2. The molecule has 8 aromatic rings. The maximum atomic E-state index is 13.0.